The van der Waals surface area contributed by atoms with Crippen molar-refractivity contribution in [3.05, 3.63) is 29.8 Å². The van der Waals surface area contributed by atoms with Gasteiger partial charge in [-0.3, -0.25) is 4.79 Å². The Balaban J connectivity index is 2.63. The first kappa shape index (κ1) is 14.5. The molecule has 0 amide bonds. The molecule has 1 aromatic rings. The molecule has 0 unspecified atom stereocenters. The summed E-state index contributed by atoms with van der Waals surface area (Å²) in [5.41, 5.74) is 0.373. The van der Waals surface area contributed by atoms with Crippen molar-refractivity contribution in [2.45, 2.75) is 20.5 Å². The fourth-order valence-electron chi connectivity index (χ4n) is 1.49. The summed E-state index contributed by atoms with van der Waals surface area (Å²) in [5.74, 6) is 0.442. The zero-order valence-corrected chi connectivity index (χ0v) is 11.4. The lowest BCUT2D eigenvalue weighted by Gasteiger charge is -2.21. The first-order valence-corrected chi connectivity index (χ1v) is 5.78. The zero-order chi connectivity index (χ0) is 13.6. The van der Waals surface area contributed by atoms with Crippen LogP contribution in [0.25, 0.3) is 0 Å². The number of ether oxygens (including phenoxy) is 3. The van der Waals surface area contributed by atoms with Crippen molar-refractivity contribution in [1.29, 1.82) is 0 Å². The van der Waals surface area contributed by atoms with Crippen LogP contribution in [-0.2, 0) is 20.9 Å². The van der Waals surface area contributed by atoms with Crippen LogP contribution in [0.4, 0.5) is 0 Å². The second-order valence-corrected chi connectivity index (χ2v) is 4.74. The molecule has 1 rings (SSSR count). The number of rotatable bonds is 6. The van der Waals surface area contributed by atoms with Crippen LogP contribution in [-0.4, -0.2) is 26.8 Å². The van der Waals surface area contributed by atoms with Crippen molar-refractivity contribution in [2.24, 2.45) is 5.41 Å². The van der Waals surface area contributed by atoms with Gasteiger partial charge in [0.15, 0.2) is 0 Å². The van der Waals surface area contributed by atoms with E-state index >= 15 is 0 Å². The average Bonchev–Trinajstić information content (AvgIpc) is 2.36. The quantitative estimate of drug-likeness (QED) is 0.729. The average molecular weight is 252 g/mol. The van der Waals surface area contributed by atoms with Gasteiger partial charge >= 0.3 is 5.97 Å². The summed E-state index contributed by atoms with van der Waals surface area (Å²) in [6.07, 6.45) is 0. The van der Waals surface area contributed by atoms with E-state index in [9.17, 15) is 4.79 Å². The second-order valence-electron chi connectivity index (χ2n) is 4.74. The normalized spacial score (nSPS) is 11.1. The van der Waals surface area contributed by atoms with E-state index in [1.54, 1.807) is 21.0 Å². The van der Waals surface area contributed by atoms with Gasteiger partial charge in [-0.05, 0) is 31.5 Å². The summed E-state index contributed by atoms with van der Waals surface area (Å²) in [6, 6.07) is 7.61. The fraction of sp³-hybridized carbons (Fsp3) is 0.500. The lowest BCUT2D eigenvalue weighted by atomic mass is 9.95. The smallest absolute Gasteiger partial charge is 0.314 e. The standard InChI is InChI=1S/C14H20O4/c1-14(2,13(15)17-4)10-18-12-7-5-6-11(8-12)9-16-3/h5-8H,9-10H2,1-4H3. The van der Waals surface area contributed by atoms with Gasteiger partial charge < -0.3 is 14.2 Å². The van der Waals surface area contributed by atoms with Crippen molar-refractivity contribution < 1.29 is 19.0 Å². The van der Waals surface area contributed by atoms with Gasteiger partial charge in [-0.15, -0.1) is 0 Å². The molecule has 0 fully saturated rings. The fourth-order valence-corrected chi connectivity index (χ4v) is 1.49. The minimum atomic E-state index is -0.661. The minimum absolute atomic E-state index is 0.274. The van der Waals surface area contributed by atoms with Gasteiger partial charge in [0.1, 0.15) is 12.4 Å². The molecule has 0 aromatic heterocycles. The molecule has 0 spiro atoms. The number of methoxy groups -OCH3 is 2. The van der Waals surface area contributed by atoms with Gasteiger partial charge in [0.05, 0.1) is 19.1 Å². The Kier molecular flexibility index (Phi) is 5.16. The summed E-state index contributed by atoms with van der Waals surface area (Å²) < 4.78 is 15.4. The van der Waals surface area contributed by atoms with Crippen LogP contribution in [0, 0.1) is 5.41 Å². The molecule has 0 N–H and O–H groups in total. The lowest BCUT2D eigenvalue weighted by molar-refractivity contribution is -0.152. The zero-order valence-electron chi connectivity index (χ0n) is 11.4. The van der Waals surface area contributed by atoms with Crippen molar-refractivity contribution in [2.75, 3.05) is 20.8 Å². The summed E-state index contributed by atoms with van der Waals surface area (Å²) in [7, 11) is 3.02. The van der Waals surface area contributed by atoms with E-state index in [0.717, 1.165) is 11.3 Å². The molecule has 18 heavy (non-hydrogen) atoms. The molecule has 0 aliphatic carbocycles. The number of esters is 1. The number of carbonyl (C=O) groups is 1. The molecule has 0 heterocycles. The second kappa shape index (κ2) is 6.40. The molecule has 0 bridgehead atoms. The Morgan fingerprint density at radius 2 is 2.00 bits per heavy atom. The van der Waals surface area contributed by atoms with Gasteiger partial charge in [-0.2, -0.15) is 0 Å². The van der Waals surface area contributed by atoms with E-state index in [1.807, 2.05) is 24.3 Å². The van der Waals surface area contributed by atoms with E-state index in [-0.39, 0.29) is 12.6 Å². The highest BCUT2D eigenvalue weighted by Gasteiger charge is 2.29. The van der Waals surface area contributed by atoms with Gasteiger partial charge in [-0.25, -0.2) is 0 Å². The Bertz CT molecular complexity index is 399. The van der Waals surface area contributed by atoms with Crippen LogP contribution in [0.1, 0.15) is 19.4 Å². The molecule has 0 radical (unpaired) electrons. The van der Waals surface area contributed by atoms with Gasteiger partial charge in [0.2, 0.25) is 0 Å². The van der Waals surface area contributed by atoms with Crippen LogP contribution >= 0.6 is 0 Å². The highest BCUT2D eigenvalue weighted by molar-refractivity contribution is 5.75. The third-order valence-corrected chi connectivity index (χ3v) is 2.55. The summed E-state index contributed by atoms with van der Waals surface area (Å²) >= 11 is 0. The number of benzene rings is 1. The topological polar surface area (TPSA) is 44.8 Å². The maximum atomic E-state index is 11.5. The first-order chi connectivity index (χ1) is 8.49. The van der Waals surface area contributed by atoms with E-state index in [4.69, 9.17) is 14.2 Å². The van der Waals surface area contributed by atoms with E-state index in [0.29, 0.717) is 6.61 Å². The molecule has 100 valence electrons. The van der Waals surface area contributed by atoms with E-state index in [2.05, 4.69) is 0 Å². The first-order valence-electron chi connectivity index (χ1n) is 5.78. The predicted octanol–water partition coefficient (Wildman–Crippen LogP) is 2.41. The molecule has 0 saturated carbocycles. The molecule has 4 nitrogen and oxygen atoms in total. The van der Waals surface area contributed by atoms with Crippen molar-refractivity contribution in [1.82, 2.24) is 0 Å². The molecule has 0 atom stereocenters. The Morgan fingerprint density at radius 3 is 2.61 bits per heavy atom. The van der Waals surface area contributed by atoms with Gasteiger partial charge in [0, 0.05) is 7.11 Å². The van der Waals surface area contributed by atoms with E-state index < -0.39 is 5.41 Å². The minimum Gasteiger partial charge on any atom is -0.492 e. The number of hydrogen-bond donors (Lipinski definition) is 0. The molecular weight excluding hydrogens is 232 g/mol. The Morgan fingerprint density at radius 1 is 1.28 bits per heavy atom. The number of carbonyl (C=O) groups excluding carboxylic acids is 1. The maximum absolute atomic E-state index is 11.5. The molecule has 0 saturated heterocycles. The van der Waals surface area contributed by atoms with E-state index in [1.165, 1.54) is 7.11 Å². The summed E-state index contributed by atoms with van der Waals surface area (Å²) in [6.45, 7) is 4.39. The number of hydrogen-bond acceptors (Lipinski definition) is 4. The molecular formula is C14H20O4. The van der Waals surface area contributed by atoms with Crippen LogP contribution in [0.3, 0.4) is 0 Å². The van der Waals surface area contributed by atoms with Crippen LogP contribution in [0.2, 0.25) is 0 Å². The van der Waals surface area contributed by atoms with Crippen molar-refractivity contribution >= 4 is 5.97 Å². The Hall–Kier alpha value is -1.55. The lowest BCUT2D eigenvalue weighted by Crippen LogP contribution is -2.32. The van der Waals surface area contributed by atoms with Crippen LogP contribution in [0.15, 0.2) is 24.3 Å². The summed E-state index contributed by atoms with van der Waals surface area (Å²) in [5, 5.41) is 0. The van der Waals surface area contributed by atoms with Crippen molar-refractivity contribution in [3.63, 3.8) is 0 Å². The largest absolute Gasteiger partial charge is 0.492 e. The highest BCUT2D eigenvalue weighted by atomic mass is 16.5. The molecule has 0 aliphatic rings. The molecule has 4 heteroatoms. The van der Waals surface area contributed by atoms with Gasteiger partial charge in [-0.1, -0.05) is 12.1 Å². The maximum Gasteiger partial charge on any atom is 0.314 e. The third kappa shape index (κ3) is 4.04. The highest BCUT2D eigenvalue weighted by Crippen LogP contribution is 2.21. The molecule has 0 aliphatic heterocycles. The third-order valence-electron chi connectivity index (χ3n) is 2.55. The van der Waals surface area contributed by atoms with Crippen LogP contribution < -0.4 is 4.74 Å². The van der Waals surface area contributed by atoms with Gasteiger partial charge in [0.25, 0.3) is 0 Å². The Labute approximate surface area is 108 Å². The summed E-state index contributed by atoms with van der Waals surface area (Å²) in [4.78, 5) is 11.5. The molecule has 1 aromatic carbocycles. The predicted molar refractivity (Wildman–Crippen MR) is 68.4 cm³/mol. The monoisotopic (exact) mass is 252 g/mol. The van der Waals surface area contributed by atoms with Crippen molar-refractivity contribution in [3.8, 4) is 5.75 Å². The van der Waals surface area contributed by atoms with Crippen LogP contribution in [0.5, 0.6) is 5.75 Å². The SMILES string of the molecule is COCc1cccc(OCC(C)(C)C(=O)OC)c1.